The standard InChI is InChI=1S/C29H33N5O2.C25H26N4.C14H14BrN3/c1-18-6-5-7-23(31-18)25-26(34-22-9-8-21(16-22)27(34)32-25)20-10-13-30-24(17-20)19-11-14-33(15-12-19)28(35)36-29(2,3)4;1-16-6-5-9-21(27-16)23-24(29-20-11-10-19(14-20)25(29)28-23)18-12-13-26-22(15-18)17-7-3-2-4-8-17;1-8-3-2-4-11(16-8)12-13(15)18-10-6-5-9(7-10)14(18)17-12/h5-7,10-11,13,17,21-22H,8-9,12,14-16H2,1-4H3;5-7,9,12-13,15,19-20H,2-4,8,10-11,14H2,1H3;2-4,9-10H,5-7H2,1H3. The predicted octanol–water partition coefficient (Wildman–Crippen LogP) is 16.1. The van der Waals surface area contributed by atoms with Crippen molar-refractivity contribution in [3.63, 3.8) is 0 Å². The number of carbonyl (C=O) groups is 1. The summed E-state index contributed by atoms with van der Waals surface area (Å²) in [7, 11) is 0. The van der Waals surface area contributed by atoms with Gasteiger partial charge in [0.1, 0.15) is 44.8 Å². The Kier molecular flexibility index (Phi) is 14.0. The number of pyridine rings is 5. The lowest BCUT2D eigenvalue weighted by atomic mass is 9.95. The number of amides is 1. The van der Waals surface area contributed by atoms with Crippen LogP contribution in [0.1, 0.15) is 192 Å². The molecule has 6 atom stereocenters. The molecule has 15 heteroatoms. The Labute approximate surface area is 495 Å². The van der Waals surface area contributed by atoms with Crippen LogP contribution in [0.2, 0.25) is 0 Å². The van der Waals surface area contributed by atoms with Gasteiger partial charge in [-0.25, -0.2) is 19.7 Å². The van der Waals surface area contributed by atoms with E-state index in [1.54, 1.807) is 4.90 Å². The summed E-state index contributed by atoms with van der Waals surface area (Å²) in [6.07, 6.45) is 25.0. The Morgan fingerprint density at radius 3 is 1.46 bits per heavy atom. The minimum Gasteiger partial charge on any atom is -0.444 e. The summed E-state index contributed by atoms with van der Waals surface area (Å²) in [5.74, 6) is 5.57. The minimum absolute atomic E-state index is 0.264. The van der Waals surface area contributed by atoms with Crippen LogP contribution in [0.5, 0.6) is 0 Å². The number of hydrogen-bond acceptors (Lipinski definition) is 10. The van der Waals surface area contributed by atoms with Crippen LogP contribution < -0.4 is 0 Å². The van der Waals surface area contributed by atoms with Gasteiger partial charge in [-0.1, -0.05) is 30.4 Å². The fourth-order valence-corrected chi connectivity index (χ4v) is 15.4. The van der Waals surface area contributed by atoms with E-state index in [0.29, 0.717) is 49.0 Å². The fourth-order valence-electron chi connectivity index (χ4n) is 14.6. The number of imidazole rings is 3. The first-order valence-electron chi connectivity index (χ1n) is 30.4. The summed E-state index contributed by atoms with van der Waals surface area (Å²) in [6.45, 7) is 12.9. The van der Waals surface area contributed by atoms with Crippen molar-refractivity contribution in [1.29, 1.82) is 0 Å². The van der Waals surface area contributed by atoms with Crippen molar-refractivity contribution in [2.24, 2.45) is 0 Å². The zero-order chi connectivity index (χ0) is 56.7. The maximum Gasteiger partial charge on any atom is 0.410 e. The Bertz CT molecular complexity index is 3900. The van der Waals surface area contributed by atoms with E-state index >= 15 is 0 Å². The van der Waals surface area contributed by atoms with Crippen LogP contribution in [0.25, 0.3) is 67.8 Å². The number of aryl methyl sites for hydroxylation is 3. The third kappa shape index (κ3) is 10.2. The summed E-state index contributed by atoms with van der Waals surface area (Å²) in [4.78, 5) is 53.1. The molecular weight excluding hydrogens is 1100 g/mol. The molecular formula is C68H73BrN12O2. The number of fused-ring (bicyclic) bond motifs is 15. The lowest BCUT2D eigenvalue weighted by Gasteiger charge is -2.29. The molecule has 3 saturated carbocycles. The maximum atomic E-state index is 12.5. The predicted molar refractivity (Wildman–Crippen MR) is 328 cm³/mol. The zero-order valence-electron chi connectivity index (χ0n) is 48.7. The summed E-state index contributed by atoms with van der Waals surface area (Å²) in [6, 6.07) is 29.0. The second-order valence-corrected chi connectivity index (χ2v) is 26.0. The van der Waals surface area contributed by atoms with Crippen LogP contribution in [0, 0.1) is 20.8 Å². The lowest BCUT2D eigenvalue weighted by Crippen LogP contribution is -2.39. The van der Waals surface area contributed by atoms with Gasteiger partial charge in [0.2, 0.25) is 0 Å². The van der Waals surface area contributed by atoms with E-state index in [1.807, 2.05) is 71.3 Å². The van der Waals surface area contributed by atoms with Crippen LogP contribution in [0.15, 0.2) is 108 Å². The van der Waals surface area contributed by atoms with Crippen LogP contribution in [-0.2, 0) is 4.74 Å². The van der Waals surface area contributed by atoms with E-state index in [9.17, 15) is 4.79 Å². The van der Waals surface area contributed by atoms with Gasteiger partial charge in [-0.05, 0) is 219 Å². The Morgan fingerprint density at radius 2 is 1.01 bits per heavy atom. The van der Waals surface area contributed by atoms with E-state index < -0.39 is 5.60 Å². The van der Waals surface area contributed by atoms with Crippen molar-refractivity contribution in [3.05, 3.63) is 154 Å². The molecule has 3 fully saturated rings. The van der Waals surface area contributed by atoms with E-state index in [0.717, 1.165) is 96.9 Å². The van der Waals surface area contributed by atoms with Crippen molar-refractivity contribution >= 4 is 33.2 Å². The number of aromatic nitrogens is 11. The van der Waals surface area contributed by atoms with Crippen LogP contribution in [0.4, 0.5) is 4.79 Å². The first-order valence-corrected chi connectivity index (χ1v) is 31.2. The van der Waals surface area contributed by atoms with Gasteiger partial charge in [0.25, 0.3) is 0 Å². The molecule has 0 radical (unpaired) electrons. The number of rotatable bonds is 7. The quantitative estimate of drug-likeness (QED) is 0.151. The van der Waals surface area contributed by atoms with Gasteiger partial charge in [0, 0.05) is 89.6 Å². The molecule has 0 N–H and O–H groups in total. The smallest absolute Gasteiger partial charge is 0.410 e. The van der Waals surface area contributed by atoms with Gasteiger partial charge in [0.05, 0.1) is 39.9 Å². The highest BCUT2D eigenvalue weighted by Gasteiger charge is 2.44. The minimum atomic E-state index is -0.494. The van der Waals surface area contributed by atoms with Crippen molar-refractivity contribution in [1.82, 2.24) is 58.5 Å². The van der Waals surface area contributed by atoms with E-state index in [1.165, 1.54) is 111 Å². The molecule has 0 aromatic carbocycles. The normalized spacial score (nSPS) is 22.3. The third-order valence-electron chi connectivity index (χ3n) is 18.4. The van der Waals surface area contributed by atoms with Gasteiger partial charge < -0.3 is 23.3 Å². The Balaban J connectivity index is 0.000000117. The third-order valence-corrected chi connectivity index (χ3v) is 19.2. The summed E-state index contributed by atoms with van der Waals surface area (Å²) in [5.41, 5.74) is 17.9. The lowest BCUT2D eigenvalue weighted by molar-refractivity contribution is 0.0270. The monoisotopic (exact) mass is 1170 g/mol. The molecule has 12 heterocycles. The molecule has 0 saturated heterocycles. The Morgan fingerprint density at radius 1 is 0.542 bits per heavy atom. The van der Waals surface area contributed by atoms with Gasteiger partial charge in [0.15, 0.2) is 0 Å². The molecule has 424 valence electrons. The molecule has 0 spiro atoms. The first-order chi connectivity index (χ1) is 40.3. The maximum absolute atomic E-state index is 12.5. The molecule has 14 nitrogen and oxygen atoms in total. The van der Waals surface area contributed by atoms with Crippen molar-refractivity contribution < 1.29 is 9.53 Å². The topological polar surface area (TPSA) is 147 Å². The number of nitrogens with zero attached hydrogens (tertiary/aromatic N) is 12. The highest BCUT2D eigenvalue weighted by Crippen LogP contribution is 2.55. The molecule has 1 amide bonds. The van der Waals surface area contributed by atoms with E-state index in [-0.39, 0.29) is 6.09 Å². The first kappa shape index (κ1) is 53.6. The number of hydrogen-bond donors (Lipinski definition) is 0. The molecule has 6 bridgehead atoms. The zero-order valence-corrected chi connectivity index (χ0v) is 50.2. The average molecular weight is 1170 g/mol. The molecule has 16 rings (SSSR count). The van der Waals surface area contributed by atoms with Crippen LogP contribution in [0.3, 0.4) is 0 Å². The molecule has 8 aliphatic rings. The molecule has 83 heavy (non-hydrogen) atoms. The van der Waals surface area contributed by atoms with Gasteiger partial charge in [-0.3, -0.25) is 24.9 Å². The van der Waals surface area contributed by atoms with Gasteiger partial charge in [-0.2, -0.15) is 0 Å². The SMILES string of the molecule is Cc1cccc(-c2nc3n(c2-c2ccnc(C4=CCCCC4)c2)C2CCC3C2)n1.Cc1cccc(-c2nc3n(c2-c2ccnc(C4=CCN(C(=O)OC(C)(C)C)CC4)c2)C2CCC3C2)n1.Cc1cccc(-c2nc3n(c2Br)C2CCC3C2)n1. The Hall–Kier alpha value is -7.39. The van der Waals surface area contributed by atoms with Gasteiger partial charge >= 0.3 is 6.09 Å². The van der Waals surface area contributed by atoms with Crippen LogP contribution >= 0.6 is 15.9 Å². The van der Waals surface area contributed by atoms with Crippen LogP contribution in [-0.4, -0.2) is 83.3 Å². The van der Waals surface area contributed by atoms with E-state index in [2.05, 4.69) is 108 Å². The largest absolute Gasteiger partial charge is 0.444 e. The molecule has 6 unspecified atom stereocenters. The average Bonchev–Trinajstić information content (AvgIpc) is 2.09. The fraction of sp³-hybridized carbons (Fsp3) is 0.426. The number of ether oxygens (including phenoxy) is 1. The molecule has 8 aromatic heterocycles. The second kappa shape index (κ2) is 21.7. The molecule has 4 aliphatic carbocycles. The number of carbonyl (C=O) groups excluding carboxylic acids is 1. The van der Waals surface area contributed by atoms with E-state index in [4.69, 9.17) is 39.6 Å². The number of halogens is 1. The highest BCUT2D eigenvalue weighted by atomic mass is 79.9. The molecule has 8 aromatic rings. The van der Waals surface area contributed by atoms with Gasteiger partial charge in [-0.15, -0.1) is 0 Å². The number of allylic oxidation sites excluding steroid dienone is 2. The highest BCUT2D eigenvalue weighted by molar-refractivity contribution is 9.10. The summed E-state index contributed by atoms with van der Waals surface area (Å²) >= 11 is 3.73. The summed E-state index contributed by atoms with van der Waals surface area (Å²) < 4.78 is 14.0. The van der Waals surface area contributed by atoms with Crippen molar-refractivity contribution in [2.45, 2.75) is 173 Å². The van der Waals surface area contributed by atoms with Crippen molar-refractivity contribution in [3.8, 4) is 56.7 Å². The second-order valence-electron chi connectivity index (χ2n) is 25.3. The molecule has 4 aliphatic heterocycles. The summed E-state index contributed by atoms with van der Waals surface area (Å²) in [5, 5.41) is 0. The van der Waals surface area contributed by atoms with Crippen molar-refractivity contribution in [2.75, 3.05) is 13.1 Å².